The molecule has 0 bridgehead atoms. The number of hydrogen-bond acceptors (Lipinski definition) is 7. The molecule has 40 heavy (non-hydrogen) atoms. The van der Waals surface area contributed by atoms with Crippen molar-refractivity contribution < 1.29 is 42.0 Å². The van der Waals surface area contributed by atoms with E-state index in [1.165, 1.54) is 55.6 Å². The molecule has 0 spiro atoms. The Balaban J connectivity index is 1.68. The second kappa shape index (κ2) is 11.7. The van der Waals surface area contributed by atoms with Gasteiger partial charge in [0.05, 0.1) is 37.4 Å². The molecule has 0 unspecified atom stereocenters. The van der Waals surface area contributed by atoms with Gasteiger partial charge in [0.25, 0.3) is 5.91 Å². The van der Waals surface area contributed by atoms with E-state index in [9.17, 15) is 27.5 Å². The molecule has 8 nitrogen and oxygen atoms in total. The number of benzene rings is 2. The van der Waals surface area contributed by atoms with Crippen LogP contribution < -0.4 is 20.1 Å². The van der Waals surface area contributed by atoms with Gasteiger partial charge in [-0.25, -0.2) is 9.37 Å². The zero-order valence-electron chi connectivity index (χ0n) is 21.8. The van der Waals surface area contributed by atoms with E-state index in [4.69, 9.17) is 14.6 Å². The van der Waals surface area contributed by atoms with Crippen LogP contribution in [0.2, 0.25) is 0 Å². The molecule has 0 fully saturated rings. The number of nitrogens with zero attached hydrogens (tertiary/aromatic N) is 1. The third kappa shape index (κ3) is 5.97. The van der Waals surface area contributed by atoms with Crippen LogP contribution in [0, 0.1) is 5.82 Å². The molecule has 2 atom stereocenters. The monoisotopic (exact) mass is 563 g/mol. The van der Waals surface area contributed by atoms with Crippen LogP contribution in [-0.2, 0) is 5.41 Å². The maximum atomic E-state index is 14.4. The van der Waals surface area contributed by atoms with Crippen molar-refractivity contribution in [1.29, 1.82) is 0 Å². The molecule has 1 aliphatic heterocycles. The number of aromatic nitrogens is 1. The van der Waals surface area contributed by atoms with Gasteiger partial charge in [-0.15, -0.1) is 0 Å². The standard InChI is InChI=1S/C28H29F4N3O5/c1-27(15-37)14-34-25-19(27)12-21(35-24(25)16-3-6-18(29)7-4-16)20(28(30,31)32)13-33-26(38)17-5-8-22(40-10-9-36)23(11-17)39-2/h3-8,11-12,20,34,36-37H,9-10,13-15H2,1-2H3,(H,33,38)/t20-,27-/m1/s1. The molecule has 0 aliphatic carbocycles. The molecule has 4 rings (SSSR count). The molecule has 0 saturated carbocycles. The van der Waals surface area contributed by atoms with Crippen molar-refractivity contribution in [2.75, 3.05) is 45.3 Å². The Hall–Kier alpha value is -3.90. The fourth-order valence-electron chi connectivity index (χ4n) is 4.50. The fraction of sp³-hybridized carbons (Fsp3) is 0.357. The Morgan fingerprint density at radius 1 is 1.15 bits per heavy atom. The summed E-state index contributed by atoms with van der Waals surface area (Å²) in [6.45, 7) is 0.601. The Morgan fingerprint density at radius 3 is 2.50 bits per heavy atom. The van der Waals surface area contributed by atoms with E-state index in [1.807, 2.05) is 0 Å². The van der Waals surface area contributed by atoms with Crippen molar-refractivity contribution in [2.24, 2.45) is 0 Å². The van der Waals surface area contributed by atoms with Crippen molar-refractivity contribution in [3.8, 4) is 22.8 Å². The predicted octanol–water partition coefficient (Wildman–Crippen LogP) is 4.02. The molecule has 0 radical (unpaired) electrons. The predicted molar refractivity (Wildman–Crippen MR) is 139 cm³/mol. The topological polar surface area (TPSA) is 113 Å². The summed E-state index contributed by atoms with van der Waals surface area (Å²) < 4.78 is 67.3. The second-order valence-electron chi connectivity index (χ2n) is 9.64. The number of hydrogen-bond donors (Lipinski definition) is 4. The Bertz CT molecular complexity index is 1370. The van der Waals surface area contributed by atoms with Gasteiger partial charge in [-0.05, 0) is 54.1 Å². The lowest BCUT2D eigenvalue weighted by molar-refractivity contribution is -0.149. The number of pyridine rings is 1. The first kappa shape index (κ1) is 29.1. The van der Waals surface area contributed by atoms with Crippen molar-refractivity contribution in [2.45, 2.75) is 24.4 Å². The Labute approximate surface area is 228 Å². The maximum Gasteiger partial charge on any atom is 0.398 e. The first-order valence-electron chi connectivity index (χ1n) is 12.4. The zero-order chi connectivity index (χ0) is 29.1. The molecule has 4 N–H and O–H groups in total. The number of rotatable bonds is 10. The number of alkyl halides is 3. The van der Waals surface area contributed by atoms with E-state index in [-0.39, 0.29) is 54.8 Å². The third-order valence-corrected chi connectivity index (χ3v) is 6.81. The van der Waals surface area contributed by atoms with Crippen molar-refractivity contribution >= 4 is 11.6 Å². The number of anilines is 1. The largest absolute Gasteiger partial charge is 0.493 e. The quantitative estimate of drug-likeness (QED) is 0.276. The fourth-order valence-corrected chi connectivity index (χ4v) is 4.50. The number of fused-ring (bicyclic) bond motifs is 1. The molecule has 1 aromatic heterocycles. The van der Waals surface area contributed by atoms with Gasteiger partial charge in [-0.2, -0.15) is 13.2 Å². The summed E-state index contributed by atoms with van der Waals surface area (Å²) in [4.78, 5) is 17.2. The molecule has 0 saturated heterocycles. The Kier molecular flexibility index (Phi) is 8.50. The lowest BCUT2D eigenvalue weighted by Gasteiger charge is -2.25. The third-order valence-electron chi connectivity index (χ3n) is 6.81. The van der Waals surface area contributed by atoms with E-state index in [0.717, 1.165) is 0 Å². The summed E-state index contributed by atoms with van der Waals surface area (Å²) >= 11 is 0. The van der Waals surface area contributed by atoms with E-state index in [0.29, 0.717) is 16.8 Å². The van der Waals surface area contributed by atoms with Crippen LogP contribution in [0.15, 0.2) is 48.5 Å². The van der Waals surface area contributed by atoms with Gasteiger partial charge >= 0.3 is 6.18 Å². The van der Waals surface area contributed by atoms with E-state index in [2.05, 4.69) is 15.6 Å². The van der Waals surface area contributed by atoms with Crippen LogP contribution in [0.4, 0.5) is 23.2 Å². The number of carbonyl (C=O) groups excluding carboxylic acids is 1. The Morgan fingerprint density at radius 2 is 1.88 bits per heavy atom. The molecular weight excluding hydrogens is 534 g/mol. The maximum absolute atomic E-state index is 14.4. The average Bonchev–Trinajstić information content (AvgIpc) is 3.28. The minimum absolute atomic E-state index is 0.00625. The van der Waals surface area contributed by atoms with Crippen LogP contribution >= 0.6 is 0 Å². The number of methoxy groups -OCH3 is 1. The molecule has 2 heterocycles. The summed E-state index contributed by atoms with van der Waals surface area (Å²) in [5.41, 5.74) is 0.316. The van der Waals surface area contributed by atoms with Gasteiger partial charge in [-0.1, -0.05) is 6.92 Å². The lowest BCUT2D eigenvalue weighted by atomic mass is 9.83. The van der Waals surface area contributed by atoms with Crippen LogP contribution in [0.5, 0.6) is 11.5 Å². The number of nitrogens with one attached hydrogen (secondary N) is 2. The zero-order valence-corrected chi connectivity index (χ0v) is 21.8. The summed E-state index contributed by atoms with van der Waals surface area (Å²) in [6, 6.07) is 10.6. The molecular formula is C28H29F4N3O5. The highest BCUT2D eigenvalue weighted by Crippen LogP contribution is 2.45. The van der Waals surface area contributed by atoms with E-state index < -0.39 is 35.8 Å². The summed E-state index contributed by atoms with van der Waals surface area (Å²) in [5.74, 6) is -3.03. The number of amides is 1. The minimum atomic E-state index is -4.78. The minimum Gasteiger partial charge on any atom is -0.493 e. The van der Waals surface area contributed by atoms with Gasteiger partial charge < -0.3 is 30.3 Å². The molecule has 3 aromatic rings. The van der Waals surface area contributed by atoms with Crippen LogP contribution in [0.25, 0.3) is 11.3 Å². The van der Waals surface area contributed by atoms with Crippen LogP contribution in [0.1, 0.15) is 34.5 Å². The van der Waals surface area contributed by atoms with Crippen LogP contribution in [0.3, 0.4) is 0 Å². The van der Waals surface area contributed by atoms with Gasteiger partial charge in [0.15, 0.2) is 11.5 Å². The number of ether oxygens (including phenoxy) is 2. The molecule has 1 amide bonds. The van der Waals surface area contributed by atoms with Gasteiger partial charge in [0.2, 0.25) is 0 Å². The molecule has 12 heteroatoms. The highest BCUT2D eigenvalue weighted by Gasteiger charge is 2.44. The molecule has 2 aromatic carbocycles. The number of halogens is 4. The first-order chi connectivity index (χ1) is 19.0. The summed E-state index contributed by atoms with van der Waals surface area (Å²) in [7, 11) is 1.34. The van der Waals surface area contributed by atoms with Crippen LogP contribution in [-0.4, -0.2) is 67.3 Å². The number of aliphatic hydroxyl groups is 2. The normalized spacial score (nSPS) is 17.1. The van der Waals surface area contributed by atoms with Crippen molar-refractivity contribution in [1.82, 2.24) is 10.3 Å². The highest BCUT2D eigenvalue weighted by molar-refractivity contribution is 5.95. The van der Waals surface area contributed by atoms with E-state index >= 15 is 0 Å². The SMILES string of the molecule is COc1cc(C(=O)NC[C@H](c2cc3c(c(-c4ccc(F)cc4)n2)NC[C@]3(C)CO)C(F)(F)F)ccc1OCCO. The number of carbonyl (C=O) groups is 1. The van der Waals surface area contributed by atoms with Gasteiger partial charge in [-0.3, -0.25) is 4.79 Å². The molecule has 1 aliphatic rings. The highest BCUT2D eigenvalue weighted by atomic mass is 19.4. The first-order valence-corrected chi connectivity index (χ1v) is 12.4. The number of aliphatic hydroxyl groups excluding tert-OH is 2. The second-order valence-corrected chi connectivity index (χ2v) is 9.64. The van der Waals surface area contributed by atoms with Gasteiger partial charge in [0.1, 0.15) is 18.3 Å². The lowest BCUT2D eigenvalue weighted by Crippen LogP contribution is -2.36. The molecule has 214 valence electrons. The van der Waals surface area contributed by atoms with Crippen molar-refractivity contribution in [3.05, 3.63) is 71.2 Å². The van der Waals surface area contributed by atoms with Crippen molar-refractivity contribution in [3.63, 3.8) is 0 Å². The smallest absolute Gasteiger partial charge is 0.398 e. The van der Waals surface area contributed by atoms with E-state index in [1.54, 1.807) is 6.92 Å². The average molecular weight is 564 g/mol. The summed E-state index contributed by atoms with van der Waals surface area (Å²) in [6.07, 6.45) is -4.78. The van der Waals surface area contributed by atoms with Gasteiger partial charge in [0, 0.05) is 29.6 Å². The summed E-state index contributed by atoms with van der Waals surface area (Å²) in [5, 5.41) is 24.5.